The number of likely N-dealkylation sites (tertiary alicyclic amines) is 1. The lowest BCUT2D eigenvalue weighted by Gasteiger charge is -2.52. The van der Waals surface area contributed by atoms with Crippen LogP contribution in [-0.4, -0.2) is 61.7 Å². The summed E-state index contributed by atoms with van der Waals surface area (Å²) in [5, 5.41) is 7.20. The molecule has 176 valence electrons. The van der Waals surface area contributed by atoms with Crippen molar-refractivity contribution in [3.05, 3.63) is 0 Å². The summed E-state index contributed by atoms with van der Waals surface area (Å²) in [6, 6.07) is 0.739. The Balaban J connectivity index is 0.00000450. The minimum absolute atomic E-state index is 0. The summed E-state index contributed by atoms with van der Waals surface area (Å²) in [6.45, 7) is 13.5. The number of amides is 1. The summed E-state index contributed by atoms with van der Waals surface area (Å²) >= 11 is 0. The summed E-state index contributed by atoms with van der Waals surface area (Å²) in [6.07, 6.45) is 7.48. The van der Waals surface area contributed by atoms with Gasteiger partial charge in [-0.25, -0.2) is 0 Å². The highest BCUT2D eigenvalue weighted by molar-refractivity contribution is 14.0. The zero-order valence-corrected chi connectivity index (χ0v) is 22.3. The van der Waals surface area contributed by atoms with E-state index in [9.17, 15) is 4.79 Å². The summed E-state index contributed by atoms with van der Waals surface area (Å²) in [5.74, 6) is 1.39. The fourth-order valence-electron chi connectivity index (χ4n) is 4.45. The van der Waals surface area contributed by atoms with Gasteiger partial charge < -0.3 is 20.3 Å². The Morgan fingerprint density at radius 2 is 1.80 bits per heavy atom. The zero-order chi connectivity index (χ0) is 21.4. The molecule has 2 N–H and O–H groups in total. The highest BCUT2D eigenvalue weighted by atomic mass is 127. The van der Waals surface area contributed by atoms with Gasteiger partial charge in [0.2, 0.25) is 5.91 Å². The number of carbonyl (C=O) groups excluding carboxylic acids is 1. The number of halogens is 1. The third kappa shape index (κ3) is 6.97. The van der Waals surface area contributed by atoms with Crippen molar-refractivity contribution in [1.82, 2.24) is 15.5 Å². The van der Waals surface area contributed by atoms with Gasteiger partial charge in [0.1, 0.15) is 0 Å². The molecular weight excluding hydrogens is 491 g/mol. The van der Waals surface area contributed by atoms with Gasteiger partial charge in [-0.15, -0.1) is 24.0 Å². The van der Waals surface area contributed by atoms with Crippen molar-refractivity contribution in [2.45, 2.75) is 97.8 Å². The molecule has 1 aliphatic heterocycles. The van der Waals surface area contributed by atoms with Crippen LogP contribution in [0.5, 0.6) is 0 Å². The van der Waals surface area contributed by atoms with Gasteiger partial charge in [-0.05, 0) is 38.5 Å². The predicted octanol–water partition coefficient (Wildman–Crippen LogP) is 4.18. The lowest BCUT2D eigenvalue weighted by molar-refractivity contribution is -0.136. The Labute approximate surface area is 201 Å². The molecule has 1 amide bonds. The van der Waals surface area contributed by atoms with Crippen LogP contribution in [0.15, 0.2) is 4.99 Å². The summed E-state index contributed by atoms with van der Waals surface area (Å²) in [4.78, 5) is 19.1. The van der Waals surface area contributed by atoms with Crippen LogP contribution in [-0.2, 0) is 9.53 Å². The number of carbonyl (C=O) groups is 1. The van der Waals surface area contributed by atoms with Crippen molar-refractivity contribution in [3.63, 3.8) is 0 Å². The van der Waals surface area contributed by atoms with Gasteiger partial charge in [0.25, 0.3) is 0 Å². The number of nitrogens with one attached hydrogen (secondary N) is 2. The number of hydrogen-bond donors (Lipinski definition) is 2. The molecule has 2 aliphatic rings. The molecule has 1 aliphatic carbocycles. The fraction of sp³-hybridized carbons (Fsp3) is 0.913. The number of aliphatic imine (C=N–C) groups is 1. The van der Waals surface area contributed by atoms with Crippen LogP contribution in [0.25, 0.3) is 0 Å². The van der Waals surface area contributed by atoms with E-state index in [1.165, 1.54) is 6.42 Å². The molecule has 7 heteroatoms. The van der Waals surface area contributed by atoms with Crippen LogP contribution in [0.2, 0.25) is 0 Å². The van der Waals surface area contributed by atoms with Crippen LogP contribution in [0.1, 0.15) is 79.6 Å². The fourth-order valence-corrected chi connectivity index (χ4v) is 4.45. The molecule has 2 atom stereocenters. The number of nitrogens with zero attached hydrogens (tertiary/aromatic N) is 2. The first kappa shape index (κ1) is 27.5. The molecule has 0 bridgehead atoms. The normalized spacial score (nSPS) is 24.2. The lowest BCUT2D eigenvalue weighted by Crippen LogP contribution is -2.64. The van der Waals surface area contributed by atoms with E-state index in [-0.39, 0.29) is 35.3 Å². The van der Waals surface area contributed by atoms with Gasteiger partial charge in [0, 0.05) is 50.2 Å². The predicted molar refractivity (Wildman–Crippen MR) is 136 cm³/mol. The molecule has 2 fully saturated rings. The van der Waals surface area contributed by atoms with E-state index in [1.807, 2.05) is 7.05 Å². The second-order valence-electron chi connectivity index (χ2n) is 9.30. The largest absolute Gasteiger partial charge is 0.378 e. The SMILES string of the molecule is CCCCOC1CC(NC(=NC)NC2CCN(C(=O)C(CC)CC)CC2)C1(C)C.I. The highest BCUT2D eigenvalue weighted by Crippen LogP contribution is 2.42. The maximum Gasteiger partial charge on any atom is 0.225 e. The van der Waals surface area contributed by atoms with Gasteiger partial charge in [0.05, 0.1) is 6.10 Å². The molecule has 0 spiro atoms. The molecule has 1 heterocycles. The highest BCUT2D eigenvalue weighted by Gasteiger charge is 2.49. The van der Waals surface area contributed by atoms with Crippen LogP contribution >= 0.6 is 24.0 Å². The quantitative estimate of drug-likeness (QED) is 0.201. The van der Waals surface area contributed by atoms with Crippen molar-refractivity contribution in [1.29, 1.82) is 0 Å². The van der Waals surface area contributed by atoms with Crippen molar-refractivity contribution in [2.24, 2.45) is 16.3 Å². The Morgan fingerprint density at radius 3 is 2.30 bits per heavy atom. The van der Waals surface area contributed by atoms with E-state index in [1.54, 1.807) is 0 Å². The number of rotatable bonds is 9. The van der Waals surface area contributed by atoms with Crippen molar-refractivity contribution >= 4 is 35.8 Å². The molecule has 1 saturated carbocycles. The Bertz CT molecular complexity index is 543. The van der Waals surface area contributed by atoms with Crippen LogP contribution in [0.3, 0.4) is 0 Å². The summed E-state index contributed by atoms with van der Waals surface area (Å²) in [5.41, 5.74) is 0.108. The van der Waals surface area contributed by atoms with Gasteiger partial charge in [-0.1, -0.05) is 41.0 Å². The monoisotopic (exact) mass is 536 g/mol. The molecule has 0 aromatic heterocycles. The van der Waals surface area contributed by atoms with Gasteiger partial charge in [-0.2, -0.15) is 0 Å². The molecule has 0 aromatic rings. The smallest absolute Gasteiger partial charge is 0.225 e. The van der Waals surface area contributed by atoms with Gasteiger partial charge in [-0.3, -0.25) is 9.79 Å². The third-order valence-electron chi connectivity index (χ3n) is 7.01. The Morgan fingerprint density at radius 1 is 1.17 bits per heavy atom. The second kappa shape index (κ2) is 13.1. The first-order valence-electron chi connectivity index (χ1n) is 11.8. The second-order valence-corrected chi connectivity index (χ2v) is 9.30. The number of ether oxygens (including phenoxy) is 1. The number of hydrogen-bond acceptors (Lipinski definition) is 3. The first-order chi connectivity index (χ1) is 13.9. The molecule has 0 aromatic carbocycles. The van der Waals surface area contributed by atoms with Crippen LogP contribution in [0.4, 0.5) is 0 Å². The Kier molecular flexibility index (Phi) is 12.0. The van der Waals surface area contributed by atoms with E-state index in [0.29, 0.717) is 24.1 Å². The average molecular weight is 537 g/mol. The maximum absolute atomic E-state index is 12.6. The number of unbranched alkanes of at least 4 members (excludes halogenated alkanes) is 1. The third-order valence-corrected chi connectivity index (χ3v) is 7.01. The van der Waals surface area contributed by atoms with Crippen LogP contribution in [0, 0.1) is 11.3 Å². The molecule has 2 rings (SSSR count). The van der Waals surface area contributed by atoms with Crippen LogP contribution < -0.4 is 10.6 Å². The van der Waals surface area contributed by atoms with Crippen molar-refractivity contribution in [2.75, 3.05) is 26.7 Å². The summed E-state index contributed by atoms with van der Waals surface area (Å²) < 4.78 is 6.06. The first-order valence-corrected chi connectivity index (χ1v) is 11.8. The van der Waals surface area contributed by atoms with E-state index >= 15 is 0 Å². The van der Waals surface area contributed by atoms with Crippen molar-refractivity contribution in [3.8, 4) is 0 Å². The molecule has 0 radical (unpaired) electrons. The summed E-state index contributed by atoms with van der Waals surface area (Å²) in [7, 11) is 1.84. The van der Waals surface area contributed by atoms with E-state index in [2.05, 4.69) is 55.1 Å². The maximum atomic E-state index is 12.6. The van der Waals surface area contributed by atoms with E-state index in [0.717, 1.165) is 64.2 Å². The van der Waals surface area contributed by atoms with Gasteiger partial charge >= 0.3 is 0 Å². The molecule has 6 nitrogen and oxygen atoms in total. The minimum Gasteiger partial charge on any atom is -0.378 e. The van der Waals surface area contributed by atoms with Crippen molar-refractivity contribution < 1.29 is 9.53 Å². The van der Waals surface area contributed by atoms with E-state index in [4.69, 9.17) is 4.74 Å². The molecular formula is C23H45IN4O2. The Hall–Kier alpha value is -0.570. The van der Waals surface area contributed by atoms with E-state index < -0.39 is 0 Å². The topological polar surface area (TPSA) is 66.0 Å². The average Bonchev–Trinajstić information content (AvgIpc) is 2.72. The van der Waals surface area contributed by atoms with Gasteiger partial charge in [0.15, 0.2) is 5.96 Å². The molecule has 1 saturated heterocycles. The minimum atomic E-state index is 0. The standard InChI is InChI=1S/C23H44N4O2.HI/c1-7-10-15-29-20-16-19(23(20,4)5)26-22(24-6)25-18-11-13-27(14-12-18)21(28)17(8-2)9-3;/h17-20H,7-16H2,1-6H3,(H2,24,25,26);1H. The molecule has 30 heavy (non-hydrogen) atoms. The number of guanidine groups is 1. The lowest BCUT2D eigenvalue weighted by atomic mass is 9.64. The number of piperidine rings is 1. The zero-order valence-electron chi connectivity index (χ0n) is 20.0. The molecule has 2 unspecified atom stereocenters.